The molecule has 1 amide bonds. The number of aromatic nitrogens is 4. The van der Waals surface area contributed by atoms with E-state index >= 15 is 0 Å². The first-order valence-electron chi connectivity index (χ1n) is 8.52. The number of rotatable bonds is 6. The Hall–Kier alpha value is -2.93. The Labute approximate surface area is 152 Å². The topological polar surface area (TPSA) is 95.8 Å². The normalized spacial score (nSPS) is 12.2. The minimum atomic E-state index is -0.647. The molecule has 0 fully saturated rings. The molecule has 0 aliphatic heterocycles. The number of nitrogens with zero attached hydrogens (tertiary/aromatic N) is 3. The predicted molar refractivity (Wildman–Crippen MR) is 98.7 cm³/mol. The number of aryl methyl sites for hydroxylation is 2. The van der Waals surface area contributed by atoms with Crippen molar-refractivity contribution in [3.05, 3.63) is 59.0 Å². The summed E-state index contributed by atoms with van der Waals surface area (Å²) in [6.07, 6.45) is -0.157. The Balaban J connectivity index is 1.61. The van der Waals surface area contributed by atoms with Gasteiger partial charge in [0.1, 0.15) is 5.69 Å². The van der Waals surface area contributed by atoms with Gasteiger partial charge in [-0.3, -0.25) is 14.6 Å². The second kappa shape index (κ2) is 7.53. The second-order valence-electron chi connectivity index (χ2n) is 6.39. The van der Waals surface area contributed by atoms with Gasteiger partial charge in [-0.15, -0.1) is 0 Å². The summed E-state index contributed by atoms with van der Waals surface area (Å²) in [5.41, 5.74) is 4.84. The number of H-pyrrole nitrogens is 1. The molecule has 0 saturated heterocycles. The van der Waals surface area contributed by atoms with Gasteiger partial charge in [0.25, 0.3) is 5.91 Å². The molecule has 136 valence electrons. The molecule has 0 radical (unpaired) electrons. The lowest BCUT2D eigenvalue weighted by Gasteiger charge is -2.11. The van der Waals surface area contributed by atoms with Crippen molar-refractivity contribution in [2.24, 2.45) is 7.05 Å². The predicted octanol–water partition coefficient (Wildman–Crippen LogP) is 1.76. The molecule has 0 aliphatic rings. The molecule has 2 aromatic heterocycles. The minimum absolute atomic E-state index is 0.174. The lowest BCUT2D eigenvalue weighted by Crippen LogP contribution is -2.33. The number of hydrogen-bond donors (Lipinski definition) is 3. The summed E-state index contributed by atoms with van der Waals surface area (Å²) < 4.78 is 1.79. The monoisotopic (exact) mass is 353 g/mol. The summed E-state index contributed by atoms with van der Waals surface area (Å²) in [7, 11) is 1.88. The number of hydrogen-bond acceptors (Lipinski definition) is 4. The number of aliphatic hydroxyl groups excluding tert-OH is 1. The summed E-state index contributed by atoms with van der Waals surface area (Å²) in [4.78, 5) is 12.3. The van der Waals surface area contributed by atoms with Crippen LogP contribution in [0.3, 0.4) is 0 Å². The zero-order chi connectivity index (χ0) is 18.7. The third kappa shape index (κ3) is 3.83. The van der Waals surface area contributed by atoms with Crippen LogP contribution in [0.15, 0.2) is 36.4 Å². The highest BCUT2D eigenvalue weighted by Crippen LogP contribution is 2.25. The van der Waals surface area contributed by atoms with Crippen molar-refractivity contribution in [1.82, 2.24) is 25.3 Å². The van der Waals surface area contributed by atoms with Crippen LogP contribution >= 0.6 is 0 Å². The SMILES string of the molecule is Cc1nn(C)c(C)c1-c1cc(C(=O)NCC(O)Cc2ccccc2)[nH]n1. The van der Waals surface area contributed by atoms with E-state index in [0.717, 1.165) is 22.5 Å². The van der Waals surface area contributed by atoms with Crippen molar-refractivity contribution >= 4 is 5.91 Å². The van der Waals surface area contributed by atoms with Gasteiger partial charge < -0.3 is 10.4 Å². The van der Waals surface area contributed by atoms with Crippen molar-refractivity contribution < 1.29 is 9.90 Å². The smallest absolute Gasteiger partial charge is 0.269 e. The average Bonchev–Trinajstić information content (AvgIpc) is 3.19. The first-order chi connectivity index (χ1) is 12.5. The Morgan fingerprint density at radius 3 is 2.69 bits per heavy atom. The van der Waals surface area contributed by atoms with Crippen molar-refractivity contribution in [3.8, 4) is 11.3 Å². The summed E-state index contributed by atoms with van der Waals surface area (Å²) in [5.74, 6) is -0.296. The highest BCUT2D eigenvalue weighted by Gasteiger charge is 2.17. The van der Waals surface area contributed by atoms with E-state index in [9.17, 15) is 9.90 Å². The highest BCUT2D eigenvalue weighted by atomic mass is 16.3. The summed E-state index contributed by atoms with van der Waals surface area (Å²) >= 11 is 0. The summed E-state index contributed by atoms with van der Waals surface area (Å²) in [5, 5.41) is 24.2. The maximum Gasteiger partial charge on any atom is 0.269 e. The van der Waals surface area contributed by atoms with Gasteiger partial charge >= 0.3 is 0 Å². The number of carbonyl (C=O) groups excluding carboxylic acids is 1. The fourth-order valence-electron chi connectivity index (χ4n) is 2.97. The molecule has 2 heterocycles. The van der Waals surface area contributed by atoms with E-state index < -0.39 is 6.10 Å². The summed E-state index contributed by atoms with van der Waals surface area (Å²) in [6.45, 7) is 4.05. The molecule has 26 heavy (non-hydrogen) atoms. The lowest BCUT2D eigenvalue weighted by atomic mass is 10.1. The maximum absolute atomic E-state index is 12.3. The number of carbonyl (C=O) groups is 1. The zero-order valence-electron chi connectivity index (χ0n) is 15.2. The van der Waals surface area contributed by atoms with E-state index in [-0.39, 0.29) is 12.5 Å². The fourth-order valence-corrected chi connectivity index (χ4v) is 2.97. The number of amides is 1. The van der Waals surface area contributed by atoms with Gasteiger partial charge in [0.05, 0.1) is 17.5 Å². The lowest BCUT2D eigenvalue weighted by molar-refractivity contribution is 0.0911. The van der Waals surface area contributed by atoms with E-state index in [1.165, 1.54) is 0 Å². The van der Waals surface area contributed by atoms with E-state index in [1.807, 2.05) is 51.2 Å². The third-order valence-corrected chi connectivity index (χ3v) is 4.40. The van der Waals surface area contributed by atoms with Crippen LogP contribution in [0.25, 0.3) is 11.3 Å². The highest BCUT2D eigenvalue weighted by molar-refractivity contribution is 5.93. The molecule has 7 nitrogen and oxygen atoms in total. The molecule has 1 atom stereocenters. The van der Waals surface area contributed by atoms with Gasteiger partial charge in [-0.1, -0.05) is 30.3 Å². The maximum atomic E-state index is 12.3. The standard InChI is InChI=1S/C19H23N5O2/c1-12-18(13(2)24(3)23-12)16-10-17(22-21-16)19(26)20-11-15(25)9-14-7-5-4-6-8-14/h4-8,10,15,25H,9,11H2,1-3H3,(H,20,26)(H,21,22). The number of benzene rings is 1. The average molecular weight is 353 g/mol. The van der Waals surface area contributed by atoms with E-state index in [1.54, 1.807) is 10.7 Å². The molecule has 7 heteroatoms. The zero-order valence-corrected chi connectivity index (χ0v) is 15.2. The number of nitrogens with one attached hydrogen (secondary N) is 2. The fraction of sp³-hybridized carbons (Fsp3) is 0.316. The van der Waals surface area contributed by atoms with Gasteiger partial charge in [0.2, 0.25) is 0 Å². The van der Waals surface area contributed by atoms with Crippen molar-refractivity contribution in [3.63, 3.8) is 0 Å². The van der Waals surface area contributed by atoms with Crippen molar-refractivity contribution in [2.75, 3.05) is 6.54 Å². The Morgan fingerprint density at radius 2 is 2.04 bits per heavy atom. The number of aromatic amines is 1. The first kappa shape index (κ1) is 17.9. The van der Waals surface area contributed by atoms with Crippen molar-refractivity contribution in [2.45, 2.75) is 26.4 Å². The third-order valence-electron chi connectivity index (χ3n) is 4.40. The molecule has 0 bridgehead atoms. The van der Waals surface area contributed by atoms with Crippen LogP contribution in [0, 0.1) is 13.8 Å². The summed E-state index contributed by atoms with van der Waals surface area (Å²) in [6, 6.07) is 11.4. The van der Waals surface area contributed by atoms with E-state index in [4.69, 9.17) is 0 Å². The van der Waals surface area contributed by atoms with Crippen LogP contribution in [-0.4, -0.2) is 43.6 Å². The Kier molecular flexibility index (Phi) is 5.18. The van der Waals surface area contributed by atoms with Crippen molar-refractivity contribution in [1.29, 1.82) is 0 Å². The molecule has 1 aromatic carbocycles. The Bertz CT molecular complexity index is 898. The van der Waals surface area contributed by atoms with Gasteiger partial charge in [-0.25, -0.2) is 0 Å². The van der Waals surface area contributed by atoms with Crippen LogP contribution in [0.4, 0.5) is 0 Å². The minimum Gasteiger partial charge on any atom is -0.391 e. The molecule has 1 unspecified atom stereocenters. The van der Waals surface area contributed by atoms with Gasteiger partial charge in [0.15, 0.2) is 0 Å². The molecular formula is C19H23N5O2. The van der Waals surface area contributed by atoms with Crippen LogP contribution in [-0.2, 0) is 13.5 Å². The van der Waals surface area contributed by atoms with E-state index in [0.29, 0.717) is 17.8 Å². The molecule has 0 saturated carbocycles. The molecule has 3 N–H and O–H groups in total. The van der Waals surface area contributed by atoms with Gasteiger partial charge in [0, 0.05) is 31.3 Å². The molecular weight excluding hydrogens is 330 g/mol. The molecule has 0 spiro atoms. The molecule has 3 rings (SSSR count). The van der Waals surface area contributed by atoms with Crippen LogP contribution < -0.4 is 5.32 Å². The number of aliphatic hydroxyl groups is 1. The van der Waals surface area contributed by atoms with Crippen LogP contribution in [0.2, 0.25) is 0 Å². The van der Waals surface area contributed by atoms with Crippen LogP contribution in [0.1, 0.15) is 27.4 Å². The van der Waals surface area contributed by atoms with E-state index in [2.05, 4.69) is 20.6 Å². The van der Waals surface area contributed by atoms with Gasteiger partial charge in [-0.05, 0) is 25.5 Å². The Morgan fingerprint density at radius 1 is 1.31 bits per heavy atom. The largest absolute Gasteiger partial charge is 0.391 e. The molecule has 0 aliphatic carbocycles. The first-order valence-corrected chi connectivity index (χ1v) is 8.52. The van der Waals surface area contributed by atoms with Crippen LogP contribution in [0.5, 0.6) is 0 Å². The molecule has 3 aromatic rings. The quantitative estimate of drug-likeness (QED) is 0.629. The second-order valence-corrected chi connectivity index (χ2v) is 6.39. The van der Waals surface area contributed by atoms with Gasteiger partial charge in [-0.2, -0.15) is 10.2 Å².